The SMILES string of the molecule is O=C(CNC1CCCCCCC1)Nc1cccc([N+](=O)[O-])c1. The largest absolute Gasteiger partial charge is 0.325 e. The van der Waals surface area contributed by atoms with Crippen LogP contribution >= 0.6 is 0 Å². The molecule has 1 fully saturated rings. The van der Waals surface area contributed by atoms with Gasteiger partial charge in [-0.25, -0.2) is 0 Å². The molecule has 2 rings (SSSR count). The van der Waals surface area contributed by atoms with Gasteiger partial charge in [0, 0.05) is 23.9 Å². The maximum atomic E-state index is 11.9. The van der Waals surface area contributed by atoms with E-state index in [2.05, 4.69) is 10.6 Å². The minimum atomic E-state index is -0.470. The summed E-state index contributed by atoms with van der Waals surface area (Å²) >= 11 is 0. The van der Waals surface area contributed by atoms with E-state index in [0.29, 0.717) is 11.7 Å². The molecule has 0 aromatic heterocycles. The first-order chi connectivity index (χ1) is 10.6. The molecule has 1 aliphatic carbocycles. The zero-order valence-electron chi connectivity index (χ0n) is 12.7. The third kappa shape index (κ3) is 5.44. The number of nitro groups is 1. The molecular formula is C16H23N3O3. The number of nitro benzene ring substituents is 1. The maximum absolute atomic E-state index is 11.9. The van der Waals surface area contributed by atoms with Crippen molar-refractivity contribution in [1.29, 1.82) is 0 Å². The predicted octanol–water partition coefficient (Wildman–Crippen LogP) is 3.24. The highest BCUT2D eigenvalue weighted by atomic mass is 16.6. The highest BCUT2D eigenvalue weighted by Crippen LogP contribution is 2.18. The summed E-state index contributed by atoms with van der Waals surface area (Å²) in [5, 5.41) is 16.7. The minimum absolute atomic E-state index is 0.0224. The maximum Gasteiger partial charge on any atom is 0.271 e. The van der Waals surface area contributed by atoms with Gasteiger partial charge < -0.3 is 10.6 Å². The Morgan fingerprint density at radius 3 is 2.55 bits per heavy atom. The molecule has 1 saturated carbocycles. The van der Waals surface area contributed by atoms with Gasteiger partial charge in [0.2, 0.25) is 5.91 Å². The zero-order valence-corrected chi connectivity index (χ0v) is 12.7. The van der Waals surface area contributed by atoms with E-state index in [9.17, 15) is 14.9 Å². The van der Waals surface area contributed by atoms with Gasteiger partial charge in [0.25, 0.3) is 5.69 Å². The smallest absolute Gasteiger partial charge is 0.271 e. The molecule has 6 nitrogen and oxygen atoms in total. The summed E-state index contributed by atoms with van der Waals surface area (Å²) in [5.74, 6) is -0.164. The third-order valence-electron chi connectivity index (χ3n) is 4.00. The number of carbonyl (C=O) groups is 1. The number of hydrogen-bond donors (Lipinski definition) is 2. The van der Waals surface area contributed by atoms with Crippen LogP contribution in [0.25, 0.3) is 0 Å². The van der Waals surface area contributed by atoms with Crippen molar-refractivity contribution in [2.75, 3.05) is 11.9 Å². The van der Waals surface area contributed by atoms with Gasteiger partial charge in [-0.1, -0.05) is 38.2 Å². The number of nitrogens with one attached hydrogen (secondary N) is 2. The fourth-order valence-corrected chi connectivity index (χ4v) is 2.80. The number of anilines is 1. The Bertz CT molecular complexity index is 511. The molecule has 1 aromatic rings. The standard InChI is InChI=1S/C16H23N3O3/c20-16(12-17-13-7-4-2-1-3-5-8-13)18-14-9-6-10-15(11-14)19(21)22/h6,9-11,13,17H,1-5,7-8,12H2,(H,18,20). The van der Waals surface area contributed by atoms with Crippen LogP contribution in [0.4, 0.5) is 11.4 Å². The first-order valence-electron chi connectivity index (χ1n) is 7.93. The zero-order chi connectivity index (χ0) is 15.8. The van der Waals surface area contributed by atoms with Crippen molar-refractivity contribution >= 4 is 17.3 Å². The molecule has 2 N–H and O–H groups in total. The van der Waals surface area contributed by atoms with Gasteiger partial charge in [0.15, 0.2) is 0 Å². The molecule has 1 aromatic carbocycles. The van der Waals surface area contributed by atoms with Crippen LogP contribution in [-0.4, -0.2) is 23.4 Å². The van der Waals surface area contributed by atoms with Crippen molar-refractivity contribution in [3.05, 3.63) is 34.4 Å². The minimum Gasteiger partial charge on any atom is -0.325 e. The van der Waals surface area contributed by atoms with Crippen LogP contribution in [0.3, 0.4) is 0 Å². The lowest BCUT2D eigenvalue weighted by molar-refractivity contribution is -0.384. The Labute approximate surface area is 130 Å². The van der Waals surface area contributed by atoms with Gasteiger partial charge >= 0.3 is 0 Å². The first-order valence-corrected chi connectivity index (χ1v) is 7.93. The van der Waals surface area contributed by atoms with E-state index in [-0.39, 0.29) is 18.1 Å². The van der Waals surface area contributed by atoms with Crippen LogP contribution in [0, 0.1) is 10.1 Å². The van der Waals surface area contributed by atoms with E-state index in [1.54, 1.807) is 12.1 Å². The Morgan fingerprint density at radius 2 is 1.86 bits per heavy atom. The van der Waals surface area contributed by atoms with E-state index >= 15 is 0 Å². The van der Waals surface area contributed by atoms with Gasteiger partial charge in [-0.05, 0) is 18.9 Å². The fraction of sp³-hybridized carbons (Fsp3) is 0.562. The van der Waals surface area contributed by atoms with Crippen LogP contribution in [0.1, 0.15) is 44.9 Å². The van der Waals surface area contributed by atoms with Gasteiger partial charge in [-0.15, -0.1) is 0 Å². The normalized spacial score (nSPS) is 16.5. The summed E-state index contributed by atoms with van der Waals surface area (Å²) in [6.07, 6.45) is 8.53. The lowest BCUT2D eigenvalue weighted by Crippen LogP contribution is -2.36. The summed E-state index contributed by atoms with van der Waals surface area (Å²) in [7, 11) is 0. The molecule has 0 heterocycles. The summed E-state index contributed by atoms with van der Waals surface area (Å²) in [4.78, 5) is 22.2. The molecule has 1 aliphatic rings. The molecule has 120 valence electrons. The van der Waals surface area contributed by atoms with Crippen LogP contribution in [-0.2, 0) is 4.79 Å². The second kappa shape index (κ2) is 8.48. The predicted molar refractivity (Wildman–Crippen MR) is 85.8 cm³/mol. The van der Waals surface area contributed by atoms with Crippen LogP contribution < -0.4 is 10.6 Å². The molecule has 0 radical (unpaired) electrons. The quantitative estimate of drug-likeness (QED) is 0.646. The molecule has 0 saturated heterocycles. The van der Waals surface area contributed by atoms with Gasteiger partial charge in [0.05, 0.1) is 11.5 Å². The van der Waals surface area contributed by atoms with Gasteiger partial charge in [-0.2, -0.15) is 0 Å². The Kier molecular flexibility index (Phi) is 6.33. The number of benzene rings is 1. The van der Waals surface area contributed by atoms with Gasteiger partial charge in [-0.3, -0.25) is 14.9 Å². The van der Waals surface area contributed by atoms with Crippen LogP contribution in [0.15, 0.2) is 24.3 Å². The average molecular weight is 305 g/mol. The lowest BCUT2D eigenvalue weighted by atomic mass is 9.97. The second-order valence-corrected chi connectivity index (χ2v) is 5.78. The van der Waals surface area contributed by atoms with Crippen molar-refractivity contribution in [3.8, 4) is 0 Å². The van der Waals surface area contributed by atoms with E-state index in [4.69, 9.17) is 0 Å². The molecule has 0 spiro atoms. The van der Waals surface area contributed by atoms with E-state index in [1.807, 2.05) is 0 Å². The number of amides is 1. The topological polar surface area (TPSA) is 84.3 Å². The molecule has 0 atom stereocenters. The average Bonchev–Trinajstić information content (AvgIpc) is 2.46. The summed E-state index contributed by atoms with van der Waals surface area (Å²) in [6, 6.07) is 6.39. The monoisotopic (exact) mass is 305 g/mol. The molecule has 0 unspecified atom stereocenters. The van der Waals surface area contributed by atoms with E-state index in [1.165, 1.54) is 44.2 Å². The number of nitrogens with zero attached hydrogens (tertiary/aromatic N) is 1. The summed E-state index contributed by atoms with van der Waals surface area (Å²) < 4.78 is 0. The number of carbonyl (C=O) groups excluding carboxylic acids is 1. The summed E-state index contributed by atoms with van der Waals surface area (Å²) in [6.45, 7) is 0.243. The van der Waals surface area contributed by atoms with Crippen molar-refractivity contribution in [1.82, 2.24) is 5.32 Å². The van der Waals surface area contributed by atoms with Crippen molar-refractivity contribution < 1.29 is 9.72 Å². The molecule has 0 bridgehead atoms. The molecule has 6 heteroatoms. The van der Waals surface area contributed by atoms with Crippen molar-refractivity contribution in [3.63, 3.8) is 0 Å². The molecule has 22 heavy (non-hydrogen) atoms. The van der Waals surface area contributed by atoms with E-state index < -0.39 is 4.92 Å². The van der Waals surface area contributed by atoms with Crippen molar-refractivity contribution in [2.24, 2.45) is 0 Å². The van der Waals surface area contributed by atoms with Gasteiger partial charge in [0.1, 0.15) is 0 Å². The first kappa shape index (κ1) is 16.4. The Morgan fingerprint density at radius 1 is 1.18 bits per heavy atom. The molecular weight excluding hydrogens is 282 g/mol. The lowest BCUT2D eigenvalue weighted by Gasteiger charge is -2.20. The molecule has 0 aliphatic heterocycles. The molecule has 1 amide bonds. The van der Waals surface area contributed by atoms with Crippen LogP contribution in [0.2, 0.25) is 0 Å². The Balaban J connectivity index is 1.79. The van der Waals surface area contributed by atoms with E-state index in [0.717, 1.165) is 12.8 Å². The highest BCUT2D eigenvalue weighted by molar-refractivity contribution is 5.92. The number of non-ortho nitro benzene ring substituents is 1. The van der Waals surface area contributed by atoms with Crippen LogP contribution in [0.5, 0.6) is 0 Å². The number of hydrogen-bond acceptors (Lipinski definition) is 4. The number of rotatable bonds is 5. The third-order valence-corrected chi connectivity index (χ3v) is 4.00. The highest BCUT2D eigenvalue weighted by Gasteiger charge is 2.13. The summed E-state index contributed by atoms with van der Waals surface area (Å²) in [5.41, 5.74) is 0.435. The fourth-order valence-electron chi connectivity index (χ4n) is 2.80. The van der Waals surface area contributed by atoms with Crippen molar-refractivity contribution in [2.45, 2.75) is 51.0 Å². The second-order valence-electron chi connectivity index (χ2n) is 5.78. The Hall–Kier alpha value is -1.95.